The van der Waals surface area contributed by atoms with Crippen LogP contribution in [0, 0.1) is 0 Å². The molecule has 7 N–H and O–H groups in total. The number of ether oxygens (including phenoxy) is 1. The molecule has 1 aliphatic heterocycles. The van der Waals surface area contributed by atoms with Gasteiger partial charge in [-0.1, -0.05) is 11.8 Å². The van der Waals surface area contributed by atoms with Crippen LogP contribution < -0.4 is 11.3 Å². The molecule has 136 valence electrons. The van der Waals surface area contributed by atoms with Crippen LogP contribution in [0.5, 0.6) is 0 Å². The van der Waals surface area contributed by atoms with Crippen molar-refractivity contribution >= 4 is 34.8 Å². The minimum atomic E-state index is -1.46. The summed E-state index contributed by atoms with van der Waals surface area (Å²) in [7, 11) is 0. The van der Waals surface area contributed by atoms with E-state index in [0.717, 1.165) is 11.8 Å². The number of imidazole rings is 1. The number of aliphatic carboxylic acids is 1. The molecule has 12 nitrogen and oxygen atoms in total. The largest absolute Gasteiger partial charge is 0.481 e. The van der Waals surface area contributed by atoms with Crippen molar-refractivity contribution < 1.29 is 30.0 Å². The van der Waals surface area contributed by atoms with Gasteiger partial charge in [0.05, 0.1) is 12.4 Å². The normalized spacial score (nSPS) is 26.4. The number of carboxylic acids is 1. The van der Waals surface area contributed by atoms with Gasteiger partial charge in [-0.2, -0.15) is 4.98 Å². The summed E-state index contributed by atoms with van der Waals surface area (Å²) in [4.78, 5) is 33.1. The first kappa shape index (κ1) is 17.6. The smallest absolute Gasteiger partial charge is 0.313 e. The highest BCUT2D eigenvalue weighted by molar-refractivity contribution is 7.99. The quantitative estimate of drug-likeness (QED) is 0.303. The van der Waals surface area contributed by atoms with Crippen LogP contribution in [-0.2, 0) is 9.53 Å². The summed E-state index contributed by atoms with van der Waals surface area (Å²) < 4.78 is 6.63. The number of hydrogen-bond donors (Lipinski definition) is 6. The van der Waals surface area contributed by atoms with E-state index in [4.69, 9.17) is 15.6 Å². The van der Waals surface area contributed by atoms with Gasteiger partial charge < -0.3 is 30.9 Å². The molecular formula is C12H15N5O7S. The molecule has 2 aromatic rings. The van der Waals surface area contributed by atoms with Crippen molar-refractivity contribution in [3.8, 4) is 0 Å². The number of nitrogen functional groups attached to an aromatic ring is 1. The molecule has 0 amide bonds. The Labute approximate surface area is 143 Å². The van der Waals surface area contributed by atoms with Gasteiger partial charge in [-0.05, 0) is 0 Å². The predicted octanol–water partition coefficient (Wildman–Crippen LogP) is -2.51. The Bertz CT molecular complexity index is 867. The highest BCUT2D eigenvalue weighted by atomic mass is 32.2. The van der Waals surface area contributed by atoms with Crippen LogP contribution in [0.15, 0.2) is 9.95 Å². The summed E-state index contributed by atoms with van der Waals surface area (Å²) in [5.41, 5.74) is 4.73. The highest BCUT2D eigenvalue weighted by Crippen LogP contribution is 2.35. The molecule has 0 aliphatic carbocycles. The van der Waals surface area contributed by atoms with E-state index in [1.54, 1.807) is 0 Å². The second kappa shape index (κ2) is 6.61. The highest BCUT2D eigenvalue weighted by Gasteiger charge is 2.45. The monoisotopic (exact) mass is 373 g/mol. The molecule has 1 fully saturated rings. The number of nitrogens with one attached hydrogen (secondary N) is 1. The van der Waals surface area contributed by atoms with E-state index in [-0.39, 0.29) is 28.0 Å². The number of aromatic amines is 1. The van der Waals surface area contributed by atoms with E-state index in [2.05, 4.69) is 15.0 Å². The van der Waals surface area contributed by atoms with Gasteiger partial charge in [0, 0.05) is 0 Å². The fraction of sp³-hybridized carbons (Fsp3) is 0.500. The molecular weight excluding hydrogens is 358 g/mol. The molecule has 0 bridgehead atoms. The van der Waals surface area contributed by atoms with Gasteiger partial charge in [0.1, 0.15) is 18.3 Å². The van der Waals surface area contributed by atoms with Gasteiger partial charge in [0.2, 0.25) is 5.95 Å². The minimum absolute atomic E-state index is 0.0378. The zero-order valence-corrected chi connectivity index (χ0v) is 13.4. The first-order chi connectivity index (χ1) is 11.8. The molecule has 13 heteroatoms. The third-order valence-electron chi connectivity index (χ3n) is 3.63. The second-order valence-corrected chi connectivity index (χ2v) is 6.24. The lowest BCUT2D eigenvalue weighted by Crippen LogP contribution is -2.33. The molecule has 0 saturated carbocycles. The molecule has 0 aromatic carbocycles. The number of aromatic nitrogens is 4. The maximum Gasteiger partial charge on any atom is 0.313 e. The molecule has 3 heterocycles. The number of aliphatic hydroxyl groups is 3. The Kier molecular flexibility index (Phi) is 4.66. The molecule has 25 heavy (non-hydrogen) atoms. The first-order valence-electron chi connectivity index (χ1n) is 7.08. The van der Waals surface area contributed by atoms with Crippen molar-refractivity contribution in [2.45, 2.75) is 29.7 Å². The van der Waals surface area contributed by atoms with Crippen molar-refractivity contribution in [1.29, 1.82) is 0 Å². The Morgan fingerprint density at radius 3 is 2.68 bits per heavy atom. The van der Waals surface area contributed by atoms with Gasteiger partial charge in [0.25, 0.3) is 5.56 Å². The average molecular weight is 373 g/mol. The Morgan fingerprint density at radius 1 is 1.36 bits per heavy atom. The van der Waals surface area contributed by atoms with Gasteiger partial charge in [0.15, 0.2) is 22.5 Å². The molecule has 1 aliphatic rings. The van der Waals surface area contributed by atoms with Crippen LogP contribution in [0.3, 0.4) is 0 Å². The summed E-state index contributed by atoms with van der Waals surface area (Å²) >= 11 is 0.778. The van der Waals surface area contributed by atoms with Crippen molar-refractivity contribution in [3.63, 3.8) is 0 Å². The number of anilines is 1. The van der Waals surface area contributed by atoms with E-state index in [1.807, 2.05) is 0 Å². The fourth-order valence-electron chi connectivity index (χ4n) is 2.53. The number of carboxylic acid groups (broad SMARTS) is 1. The number of H-pyrrole nitrogens is 1. The molecule has 0 unspecified atom stereocenters. The maximum atomic E-state index is 12.0. The van der Waals surface area contributed by atoms with Gasteiger partial charge in [-0.25, -0.2) is 4.98 Å². The van der Waals surface area contributed by atoms with E-state index < -0.39 is 42.7 Å². The molecule has 4 atom stereocenters. The van der Waals surface area contributed by atoms with Crippen LogP contribution in [0.1, 0.15) is 6.23 Å². The Morgan fingerprint density at radius 2 is 2.08 bits per heavy atom. The van der Waals surface area contributed by atoms with Crippen LogP contribution in [-0.4, -0.2) is 76.6 Å². The standard InChI is InChI=1S/C12H15N5O7S/c13-11-15-8-5(9(23)16-11)14-12(25-2-4(19)20)17(8)10-7(22)6(21)3(1-18)24-10/h3,6-7,10,18,21-22H,1-2H2,(H,19,20)(H3,13,15,16,23)/t3-,6-,7+,10+/m1/s1. The first-order valence-corrected chi connectivity index (χ1v) is 8.06. The van der Waals surface area contributed by atoms with E-state index in [1.165, 1.54) is 4.57 Å². The van der Waals surface area contributed by atoms with E-state index in [9.17, 15) is 24.9 Å². The SMILES string of the molecule is Nc1nc2c(nc(SCC(=O)O)n2[C@H]2O[C@H](CO)[C@@H](O)[C@@H]2O)c(=O)[nH]1. The van der Waals surface area contributed by atoms with Crippen LogP contribution >= 0.6 is 11.8 Å². The molecule has 2 aromatic heterocycles. The number of nitrogens with two attached hydrogens (primary N) is 1. The van der Waals surface area contributed by atoms with Crippen molar-refractivity contribution in [2.75, 3.05) is 18.1 Å². The maximum absolute atomic E-state index is 12.0. The zero-order valence-electron chi connectivity index (χ0n) is 12.6. The third-order valence-corrected chi connectivity index (χ3v) is 4.57. The van der Waals surface area contributed by atoms with E-state index in [0.29, 0.717) is 0 Å². The molecule has 0 radical (unpaired) electrons. The summed E-state index contributed by atoms with van der Waals surface area (Å²) in [5, 5.41) is 38.3. The second-order valence-electron chi connectivity index (χ2n) is 5.30. The minimum Gasteiger partial charge on any atom is -0.481 e. The van der Waals surface area contributed by atoms with Crippen molar-refractivity contribution in [2.24, 2.45) is 0 Å². The van der Waals surface area contributed by atoms with Crippen molar-refractivity contribution in [1.82, 2.24) is 19.5 Å². The molecule has 1 saturated heterocycles. The lowest BCUT2D eigenvalue weighted by molar-refractivity contribution is -0.133. The molecule has 0 spiro atoms. The lowest BCUT2D eigenvalue weighted by atomic mass is 10.1. The van der Waals surface area contributed by atoms with Gasteiger partial charge in [-0.15, -0.1) is 0 Å². The third kappa shape index (κ3) is 3.07. The summed E-state index contributed by atoms with van der Waals surface area (Å²) in [5.74, 6) is -1.70. The Balaban J connectivity index is 2.15. The van der Waals surface area contributed by atoms with Crippen LogP contribution in [0.2, 0.25) is 0 Å². The number of nitrogens with zero attached hydrogens (tertiary/aromatic N) is 3. The van der Waals surface area contributed by atoms with Gasteiger partial charge >= 0.3 is 5.97 Å². The number of rotatable bonds is 5. The topological polar surface area (TPSA) is 197 Å². The number of aliphatic hydroxyl groups excluding tert-OH is 3. The number of thioether (sulfide) groups is 1. The summed E-state index contributed by atoms with van der Waals surface area (Å²) in [6.07, 6.45) is -5.14. The number of fused-ring (bicyclic) bond motifs is 1. The number of carbonyl (C=O) groups is 1. The van der Waals surface area contributed by atoms with Crippen LogP contribution in [0.4, 0.5) is 5.95 Å². The predicted molar refractivity (Wildman–Crippen MR) is 83.9 cm³/mol. The molecule has 3 rings (SSSR count). The average Bonchev–Trinajstić information content (AvgIpc) is 3.04. The Hall–Kier alpha value is -2.19. The van der Waals surface area contributed by atoms with E-state index >= 15 is 0 Å². The zero-order chi connectivity index (χ0) is 18.3. The van der Waals surface area contributed by atoms with Crippen molar-refractivity contribution in [3.05, 3.63) is 10.4 Å². The lowest BCUT2D eigenvalue weighted by Gasteiger charge is -2.18. The number of hydrogen-bond acceptors (Lipinski definition) is 10. The van der Waals surface area contributed by atoms with Gasteiger partial charge in [-0.3, -0.25) is 19.1 Å². The van der Waals surface area contributed by atoms with Crippen LogP contribution in [0.25, 0.3) is 11.2 Å². The summed E-state index contributed by atoms with van der Waals surface area (Å²) in [6.45, 7) is -0.547. The summed E-state index contributed by atoms with van der Waals surface area (Å²) in [6, 6.07) is 0. The fourth-order valence-corrected chi connectivity index (χ4v) is 3.27.